The molecule has 1 amide bonds. The molecule has 0 bridgehead atoms. The van der Waals surface area contributed by atoms with Gasteiger partial charge >= 0.3 is 0 Å². The van der Waals surface area contributed by atoms with Crippen molar-refractivity contribution in [3.8, 4) is 0 Å². The fraction of sp³-hybridized carbons (Fsp3) is 0.900. The minimum Gasteiger partial charge on any atom is -0.379 e. The molecule has 0 saturated carbocycles. The lowest BCUT2D eigenvalue weighted by Crippen LogP contribution is -2.42. The summed E-state index contributed by atoms with van der Waals surface area (Å²) >= 11 is 3.32. The molecule has 1 aliphatic rings. The molecule has 1 atom stereocenters. The minimum atomic E-state index is -0.0535. The molecule has 5 heteroatoms. The zero-order chi connectivity index (χ0) is 11.1. The molecule has 0 radical (unpaired) electrons. The minimum absolute atomic E-state index is 0.0535. The average Bonchev–Trinajstić information content (AvgIpc) is 2.29. The first-order valence-electron chi connectivity index (χ1n) is 5.46. The van der Waals surface area contributed by atoms with Gasteiger partial charge in [0.15, 0.2) is 0 Å². The summed E-state index contributed by atoms with van der Waals surface area (Å²) in [6, 6.07) is 0. The first kappa shape index (κ1) is 12.9. The molecule has 1 fully saturated rings. The summed E-state index contributed by atoms with van der Waals surface area (Å²) in [5, 5.41) is 2.91. The molecular formula is C10H19BrN2O2. The molecule has 1 heterocycles. The van der Waals surface area contributed by atoms with Crippen molar-refractivity contribution in [1.29, 1.82) is 0 Å². The zero-order valence-electron chi connectivity index (χ0n) is 9.17. The van der Waals surface area contributed by atoms with Crippen LogP contribution < -0.4 is 5.32 Å². The average molecular weight is 279 g/mol. The predicted octanol–water partition coefficient (Wildman–Crippen LogP) is 0.608. The van der Waals surface area contributed by atoms with Gasteiger partial charge in [-0.25, -0.2) is 0 Å². The Morgan fingerprint density at radius 2 is 2.20 bits per heavy atom. The normalized spacial score (nSPS) is 19.9. The van der Waals surface area contributed by atoms with Crippen LogP contribution in [0.2, 0.25) is 0 Å². The van der Waals surface area contributed by atoms with E-state index in [1.807, 2.05) is 6.92 Å². The van der Waals surface area contributed by atoms with Crippen molar-refractivity contribution >= 4 is 21.8 Å². The van der Waals surface area contributed by atoms with Crippen LogP contribution in [0.1, 0.15) is 13.3 Å². The Morgan fingerprint density at radius 1 is 1.53 bits per heavy atom. The van der Waals surface area contributed by atoms with E-state index in [4.69, 9.17) is 4.74 Å². The fourth-order valence-corrected chi connectivity index (χ4v) is 1.62. The van der Waals surface area contributed by atoms with Crippen LogP contribution in [0.3, 0.4) is 0 Å². The lowest BCUT2D eigenvalue weighted by Gasteiger charge is -2.26. The highest BCUT2D eigenvalue weighted by atomic mass is 79.9. The summed E-state index contributed by atoms with van der Waals surface area (Å²) in [5.74, 6) is 0.0887. The van der Waals surface area contributed by atoms with Crippen LogP contribution in [0.5, 0.6) is 0 Å². The van der Waals surface area contributed by atoms with Crippen molar-refractivity contribution in [3.63, 3.8) is 0 Å². The number of ether oxygens (including phenoxy) is 1. The molecule has 1 rings (SSSR count). The van der Waals surface area contributed by atoms with Gasteiger partial charge in [0.05, 0.1) is 18.0 Å². The molecule has 88 valence electrons. The Kier molecular flexibility index (Phi) is 6.20. The SMILES string of the molecule is CCC(Br)C(=O)NCCN1CCOCC1. The van der Waals surface area contributed by atoms with E-state index in [0.717, 1.165) is 45.8 Å². The maximum atomic E-state index is 11.4. The van der Waals surface area contributed by atoms with Crippen LogP contribution in [0.4, 0.5) is 0 Å². The number of alkyl halides is 1. The van der Waals surface area contributed by atoms with Gasteiger partial charge in [-0.05, 0) is 6.42 Å². The number of nitrogens with zero attached hydrogens (tertiary/aromatic N) is 1. The molecule has 0 aliphatic carbocycles. The topological polar surface area (TPSA) is 41.6 Å². The van der Waals surface area contributed by atoms with E-state index in [-0.39, 0.29) is 10.7 Å². The van der Waals surface area contributed by atoms with Crippen molar-refractivity contribution in [2.24, 2.45) is 0 Å². The Hall–Kier alpha value is -0.130. The first-order valence-corrected chi connectivity index (χ1v) is 6.37. The van der Waals surface area contributed by atoms with Crippen LogP contribution in [-0.4, -0.2) is 55.0 Å². The van der Waals surface area contributed by atoms with Crippen LogP contribution in [0, 0.1) is 0 Å². The summed E-state index contributed by atoms with van der Waals surface area (Å²) in [6.07, 6.45) is 0.823. The summed E-state index contributed by atoms with van der Waals surface area (Å²) in [4.78, 5) is 13.7. The van der Waals surface area contributed by atoms with Gasteiger partial charge in [0.1, 0.15) is 0 Å². The third-order valence-corrected chi connectivity index (χ3v) is 3.54. The molecule has 0 aromatic carbocycles. The largest absolute Gasteiger partial charge is 0.379 e. The van der Waals surface area contributed by atoms with Gasteiger partial charge in [0.2, 0.25) is 5.91 Å². The first-order chi connectivity index (χ1) is 7.24. The molecule has 1 aliphatic heterocycles. The summed E-state index contributed by atoms with van der Waals surface area (Å²) < 4.78 is 5.25. The molecule has 15 heavy (non-hydrogen) atoms. The second-order valence-electron chi connectivity index (χ2n) is 3.62. The van der Waals surface area contributed by atoms with E-state index in [9.17, 15) is 4.79 Å². The smallest absolute Gasteiger partial charge is 0.233 e. The number of carbonyl (C=O) groups is 1. The number of morpholine rings is 1. The second kappa shape index (κ2) is 7.19. The van der Waals surface area contributed by atoms with Crippen molar-refractivity contribution < 1.29 is 9.53 Å². The van der Waals surface area contributed by atoms with Crippen molar-refractivity contribution in [3.05, 3.63) is 0 Å². The molecule has 0 aromatic rings. The van der Waals surface area contributed by atoms with Gasteiger partial charge in [-0.1, -0.05) is 22.9 Å². The van der Waals surface area contributed by atoms with Gasteiger partial charge in [0.25, 0.3) is 0 Å². The molecule has 1 N–H and O–H groups in total. The Morgan fingerprint density at radius 3 is 2.80 bits per heavy atom. The van der Waals surface area contributed by atoms with Crippen LogP contribution in [-0.2, 0) is 9.53 Å². The maximum Gasteiger partial charge on any atom is 0.233 e. The maximum absolute atomic E-state index is 11.4. The van der Waals surface area contributed by atoms with E-state index in [0.29, 0.717) is 0 Å². The summed E-state index contributed by atoms with van der Waals surface area (Å²) in [6.45, 7) is 7.19. The number of halogens is 1. The van der Waals surface area contributed by atoms with E-state index in [1.165, 1.54) is 0 Å². The van der Waals surface area contributed by atoms with E-state index >= 15 is 0 Å². The van der Waals surface area contributed by atoms with Crippen LogP contribution in [0.15, 0.2) is 0 Å². The molecule has 1 unspecified atom stereocenters. The lowest BCUT2D eigenvalue weighted by atomic mass is 10.3. The van der Waals surface area contributed by atoms with E-state index < -0.39 is 0 Å². The number of amides is 1. The van der Waals surface area contributed by atoms with Crippen LogP contribution >= 0.6 is 15.9 Å². The summed E-state index contributed by atoms with van der Waals surface area (Å²) in [7, 11) is 0. The quantitative estimate of drug-likeness (QED) is 0.750. The van der Waals surface area contributed by atoms with Gasteiger partial charge in [0, 0.05) is 26.2 Å². The highest BCUT2D eigenvalue weighted by Crippen LogP contribution is 2.03. The summed E-state index contributed by atoms with van der Waals surface area (Å²) in [5.41, 5.74) is 0. The van der Waals surface area contributed by atoms with Gasteiger partial charge in [-0.15, -0.1) is 0 Å². The number of hydrogen-bond acceptors (Lipinski definition) is 3. The molecule has 0 spiro atoms. The van der Waals surface area contributed by atoms with Crippen LogP contribution in [0.25, 0.3) is 0 Å². The third-order valence-electron chi connectivity index (χ3n) is 2.47. The fourth-order valence-electron chi connectivity index (χ4n) is 1.46. The number of hydrogen-bond donors (Lipinski definition) is 1. The monoisotopic (exact) mass is 278 g/mol. The van der Waals surface area contributed by atoms with Crippen molar-refractivity contribution in [2.45, 2.75) is 18.2 Å². The number of rotatable bonds is 5. The predicted molar refractivity (Wildman–Crippen MR) is 63.3 cm³/mol. The Balaban J connectivity index is 2.07. The molecular weight excluding hydrogens is 260 g/mol. The number of carbonyl (C=O) groups excluding carboxylic acids is 1. The van der Waals surface area contributed by atoms with E-state index in [1.54, 1.807) is 0 Å². The molecule has 1 saturated heterocycles. The standard InChI is InChI=1S/C10H19BrN2O2/c1-2-9(11)10(14)12-3-4-13-5-7-15-8-6-13/h9H,2-8H2,1H3,(H,12,14). The van der Waals surface area contributed by atoms with Crippen molar-refractivity contribution in [2.75, 3.05) is 39.4 Å². The second-order valence-corrected chi connectivity index (χ2v) is 4.73. The Bertz CT molecular complexity index is 196. The van der Waals surface area contributed by atoms with Gasteiger partial charge in [-0.2, -0.15) is 0 Å². The highest BCUT2D eigenvalue weighted by Gasteiger charge is 2.13. The van der Waals surface area contributed by atoms with Gasteiger partial charge < -0.3 is 10.1 Å². The molecule has 4 nitrogen and oxygen atoms in total. The lowest BCUT2D eigenvalue weighted by molar-refractivity contribution is -0.120. The Labute approximate surface area is 99.5 Å². The van der Waals surface area contributed by atoms with E-state index in [2.05, 4.69) is 26.1 Å². The van der Waals surface area contributed by atoms with Gasteiger partial charge in [-0.3, -0.25) is 9.69 Å². The highest BCUT2D eigenvalue weighted by molar-refractivity contribution is 9.10. The third kappa shape index (κ3) is 4.95. The zero-order valence-corrected chi connectivity index (χ0v) is 10.8. The number of nitrogens with one attached hydrogen (secondary N) is 1. The van der Waals surface area contributed by atoms with Crippen molar-refractivity contribution in [1.82, 2.24) is 10.2 Å². The molecule has 0 aromatic heterocycles.